The summed E-state index contributed by atoms with van der Waals surface area (Å²) in [6.07, 6.45) is 3.99. The highest BCUT2D eigenvalue weighted by molar-refractivity contribution is 5.77. The normalized spacial score (nSPS) is 18.4. The first kappa shape index (κ1) is 9.26. The first-order valence-electron chi connectivity index (χ1n) is 4.21. The van der Waals surface area contributed by atoms with Crippen molar-refractivity contribution in [1.82, 2.24) is 5.32 Å². The lowest BCUT2D eigenvalue weighted by atomic mass is 10.1. The number of amides is 1. The highest BCUT2D eigenvalue weighted by Gasteiger charge is 2.41. The first-order valence-corrected chi connectivity index (χ1v) is 4.21. The van der Waals surface area contributed by atoms with E-state index in [0.717, 1.165) is 12.8 Å². The topological polar surface area (TPSA) is 49.3 Å². The molecule has 0 aromatic rings. The fourth-order valence-corrected chi connectivity index (χ4v) is 1.06. The summed E-state index contributed by atoms with van der Waals surface area (Å²) in [6, 6.07) is 0. The predicted molar refractivity (Wildman–Crippen MR) is 46.6 cm³/mol. The minimum absolute atomic E-state index is 0.00951. The van der Waals surface area contributed by atoms with Gasteiger partial charge in [0.25, 0.3) is 0 Å². The summed E-state index contributed by atoms with van der Waals surface area (Å²) in [6.45, 7) is 4.26. The smallest absolute Gasteiger partial charge is 0.223 e. The Bertz CT molecular complexity index is 185. The molecule has 0 radical (unpaired) electrons. The van der Waals surface area contributed by atoms with Crippen molar-refractivity contribution >= 4 is 5.91 Å². The Kier molecular flexibility index (Phi) is 2.87. The molecule has 3 heteroatoms. The fraction of sp³-hybridized carbons (Fsp3) is 0.667. The van der Waals surface area contributed by atoms with Gasteiger partial charge in [0.2, 0.25) is 5.91 Å². The van der Waals surface area contributed by atoms with Crippen molar-refractivity contribution in [2.45, 2.75) is 19.3 Å². The molecular weight excluding hydrogens is 154 g/mol. The summed E-state index contributed by atoms with van der Waals surface area (Å²) in [7, 11) is 0. The number of hydrogen-bond acceptors (Lipinski definition) is 2. The highest BCUT2D eigenvalue weighted by atomic mass is 16.3. The Labute approximate surface area is 72.5 Å². The number of hydrogen-bond donors (Lipinski definition) is 2. The maximum Gasteiger partial charge on any atom is 0.223 e. The zero-order valence-corrected chi connectivity index (χ0v) is 7.18. The molecule has 0 aromatic carbocycles. The average molecular weight is 169 g/mol. The summed E-state index contributed by atoms with van der Waals surface area (Å²) >= 11 is 0. The van der Waals surface area contributed by atoms with E-state index in [9.17, 15) is 4.79 Å². The van der Waals surface area contributed by atoms with Crippen molar-refractivity contribution in [3.63, 3.8) is 0 Å². The Morgan fingerprint density at radius 2 is 2.33 bits per heavy atom. The van der Waals surface area contributed by atoms with E-state index in [2.05, 4.69) is 11.9 Å². The lowest BCUT2D eigenvalue weighted by Crippen LogP contribution is -2.31. The summed E-state index contributed by atoms with van der Waals surface area (Å²) < 4.78 is 0. The van der Waals surface area contributed by atoms with Gasteiger partial charge in [-0.15, -0.1) is 6.58 Å². The predicted octanol–water partition coefficient (Wildman–Crippen LogP) is 0.451. The van der Waals surface area contributed by atoms with E-state index in [1.54, 1.807) is 6.08 Å². The lowest BCUT2D eigenvalue weighted by molar-refractivity contribution is -0.120. The van der Waals surface area contributed by atoms with Crippen molar-refractivity contribution in [2.24, 2.45) is 5.41 Å². The molecule has 12 heavy (non-hydrogen) atoms. The molecule has 0 aliphatic heterocycles. The molecule has 0 saturated heterocycles. The van der Waals surface area contributed by atoms with E-state index >= 15 is 0 Å². The van der Waals surface area contributed by atoms with Crippen molar-refractivity contribution < 1.29 is 9.90 Å². The van der Waals surface area contributed by atoms with Gasteiger partial charge < -0.3 is 10.4 Å². The van der Waals surface area contributed by atoms with Crippen LogP contribution in [0.15, 0.2) is 12.7 Å². The largest absolute Gasteiger partial charge is 0.396 e. The van der Waals surface area contributed by atoms with E-state index in [1.807, 2.05) is 0 Å². The van der Waals surface area contributed by atoms with Crippen LogP contribution in [0.1, 0.15) is 19.3 Å². The maximum atomic E-state index is 11.0. The van der Waals surface area contributed by atoms with E-state index in [1.165, 1.54) is 0 Å². The first-order chi connectivity index (χ1) is 5.72. The molecule has 1 amide bonds. The summed E-state index contributed by atoms with van der Waals surface area (Å²) in [5, 5.41) is 11.7. The van der Waals surface area contributed by atoms with Crippen molar-refractivity contribution in [3.8, 4) is 0 Å². The average Bonchev–Trinajstić information content (AvgIpc) is 2.82. The molecule has 0 heterocycles. The third-order valence-corrected chi connectivity index (χ3v) is 2.28. The molecule has 0 atom stereocenters. The number of rotatable bonds is 5. The zero-order chi connectivity index (χ0) is 9.03. The van der Waals surface area contributed by atoms with Gasteiger partial charge in [-0.1, -0.05) is 6.08 Å². The van der Waals surface area contributed by atoms with Crippen LogP contribution in [0.5, 0.6) is 0 Å². The molecule has 1 saturated carbocycles. The maximum absolute atomic E-state index is 11.0. The minimum Gasteiger partial charge on any atom is -0.396 e. The fourth-order valence-electron chi connectivity index (χ4n) is 1.06. The van der Waals surface area contributed by atoms with Crippen molar-refractivity contribution in [1.29, 1.82) is 0 Å². The third-order valence-electron chi connectivity index (χ3n) is 2.28. The molecule has 1 aliphatic rings. The molecule has 1 aliphatic carbocycles. The number of aliphatic hydroxyl groups is 1. The summed E-state index contributed by atoms with van der Waals surface area (Å²) in [5.41, 5.74) is 0.0107. The number of aliphatic hydroxyl groups excluding tert-OH is 1. The van der Waals surface area contributed by atoms with Gasteiger partial charge in [-0.25, -0.2) is 0 Å². The Hall–Kier alpha value is -0.830. The third kappa shape index (κ3) is 2.34. The van der Waals surface area contributed by atoms with Gasteiger partial charge in [0.1, 0.15) is 0 Å². The molecule has 2 N–H and O–H groups in total. The molecule has 1 fully saturated rings. The van der Waals surface area contributed by atoms with E-state index in [4.69, 9.17) is 5.11 Å². The molecule has 1 rings (SSSR count). The van der Waals surface area contributed by atoms with Gasteiger partial charge in [-0.05, 0) is 12.8 Å². The van der Waals surface area contributed by atoms with Crippen molar-refractivity contribution in [3.05, 3.63) is 12.7 Å². The Balaban J connectivity index is 2.16. The Morgan fingerprint density at radius 3 is 2.75 bits per heavy atom. The van der Waals surface area contributed by atoms with Crippen LogP contribution in [0.4, 0.5) is 0 Å². The quantitative estimate of drug-likeness (QED) is 0.587. The van der Waals surface area contributed by atoms with Crippen LogP contribution in [-0.2, 0) is 4.79 Å². The molecular formula is C9H15NO2. The van der Waals surface area contributed by atoms with Gasteiger partial charge >= 0.3 is 0 Å². The second-order valence-electron chi connectivity index (χ2n) is 3.43. The standard InChI is InChI=1S/C9H15NO2/c1-2-3-8(12)10-6-9(7-11)4-5-9/h2,11H,1,3-7H2,(H,10,12). The molecule has 3 nitrogen and oxygen atoms in total. The number of carbonyl (C=O) groups excluding carboxylic acids is 1. The number of carbonyl (C=O) groups is 1. The lowest BCUT2D eigenvalue weighted by Gasteiger charge is -2.11. The summed E-state index contributed by atoms with van der Waals surface area (Å²) in [4.78, 5) is 11.0. The second kappa shape index (κ2) is 3.72. The zero-order valence-electron chi connectivity index (χ0n) is 7.18. The van der Waals surface area contributed by atoms with Crippen LogP contribution < -0.4 is 5.32 Å². The molecule has 0 unspecified atom stereocenters. The van der Waals surface area contributed by atoms with Gasteiger partial charge in [-0.2, -0.15) is 0 Å². The molecule has 0 spiro atoms. The molecule has 68 valence electrons. The van der Waals surface area contributed by atoms with Crippen LogP contribution in [0.3, 0.4) is 0 Å². The van der Waals surface area contributed by atoms with Gasteiger partial charge in [-0.3, -0.25) is 4.79 Å². The van der Waals surface area contributed by atoms with Crippen LogP contribution in [-0.4, -0.2) is 24.2 Å². The van der Waals surface area contributed by atoms with Gasteiger partial charge in [0, 0.05) is 18.4 Å². The molecule has 0 aromatic heterocycles. The van der Waals surface area contributed by atoms with Crippen LogP contribution >= 0.6 is 0 Å². The molecule has 0 bridgehead atoms. The van der Waals surface area contributed by atoms with E-state index in [0.29, 0.717) is 13.0 Å². The van der Waals surface area contributed by atoms with Crippen LogP contribution in [0, 0.1) is 5.41 Å². The van der Waals surface area contributed by atoms with Crippen molar-refractivity contribution in [2.75, 3.05) is 13.2 Å². The van der Waals surface area contributed by atoms with Crippen LogP contribution in [0.2, 0.25) is 0 Å². The minimum atomic E-state index is -0.00951. The Morgan fingerprint density at radius 1 is 1.67 bits per heavy atom. The second-order valence-corrected chi connectivity index (χ2v) is 3.43. The van der Waals surface area contributed by atoms with Crippen LogP contribution in [0.25, 0.3) is 0 Å². The number of nitrogens with one attached hydrogen (secondary N) is 1. The summed E-state index contributed by atoms with van der Waals surface area (Å²) in [5.74, 6) is -0.00951. The SMILES string of the molecule is C=CCC(=O)NCC1(CO)CC1. The van der Waals surface area contributed by atoms with E-state index in [-0.39, 0.29) is 17.9 Å². The van der Waals surface area contributed by atoms with Gasteiger partial charge in [0.05, 0.1) is 6.61 Å². The monoisotopic (exact) mass is 169 g/mol. The van der Waals surface area contributed by atoms with E-state index < -0.39 is 0 Å². The highest BCUT2D eigenvalue weighted by Crippen LogP contribution is 2.44. The van der Waals surface area contributed by atoms with Gasteiger partial charge in [0.15, 0.2) is 0 Å².